The average Bonchev–Trinajstić information content (AvgIpc) is 2.48. The van der Waals surface area contributed by atoms with Crippen LogP contribution >= 0.6 is 11.6 Å². The van der Waals surface area contributed by atoms with E-state index in [0.29, 0.717) is 33.2 Å². The molecule has 0 aliphatic rings. The highest BCUT2D eigenvalue weighted by atomic mass is 35.5. The largest absolute Gasteiger partial charge is 0.456 e. The maximum absolute atomic E-state index is 14.1. The number of aliphatic hydroxyl groups is 1. The lowest BCUT2D eigenvalue weighted by molar-refractivity contribution is 0.221. The van der Waals surface area contributed by atoms with Crippen LogP contribution in [0.1, 0.15) is 30.5 Å². The Labute approximate surface area is 133 Å². The van der Waals surface area contributed by atoms with Gasteiger partial charge in [-0.05, 0) is 49.7 Å². The van der Waals surface area contributed by atoms with Crippen LogP contribution in [0, 0.1) is 11.3 Å². The van der Waals surface area contributed by atoms with Crippen LogP contribution in [0.15, 0.2) is 36.4 Å². The average molecular weight is 320 g/mol. The van der Waals surface area contributed by atoms with Crippen LogP contribution in [0.3, 0.4) is 0 Å². The quantitative estimate of drug-likeness (QED) is 0.888. The molecular formula is C17H15ClFNO2. The number of nitrogens with zero attached hydrogens (tertiary/aromatic N) is 1. The number of hydrogen-bond acceptors (Lipinski definition) is 3. The fourth-order valence-corrected chi connectivity index (χ4v) is 2.34. The van der Waals surface area contributed by atoms with Crippen molar-refractivity contribution in [2.75, 3.05) is 0 Å². The van der Waals surface area contributed by atoms with Gasteiger partial charge in [0.2, 0.25) is 0 Å². The Morgan fingerprint density at radius 2 is 2.00 bits per heavy atom. The van der Waals surface area contributed by atoms with E-state index in [2.05, 4.69) is 0 Å². The molecular weight excluding hydrogens is 305 g/mol. The SMILES string of the molecule is CC(C)(F)c1cc(Oc2ccc(CO)cc2C#N)ccc1Cl. The number of halogens is 2. The van der Waals surface area contributed by atoms with Crippen molar-refractivity contribution in [2.45, 2.75) is 26.1 Å². The summed E-state index contributed by atoms with van der Waals surface area (Å²) in [5.74, 6) is 0.725. The van der Waals surface area contributed by atoms with Crippen LogP contribution in [0.4, 0.5) is 4.39 Å². The maximum Gasteiger partial charge on any atom is 0.145 e. The van der Waals surface area contributed by atoms with Crippen molar-refractivity contribution in [3.63, 3.8) is 0 Å². The molecule has 3 nitrogen and oxygen atoms in total. The lowest BCUT2D eigenvalue weighted by Gasteiger charge is -2.18. The zero-order valence-corrected chi connectivity index (χ0v) is 13.0. The molecule has 2 aromatic carbocycles. The van der Waals surface area contributed by atoms with Gasteiger partial charge in [0.1, 0.15) is 23.2 Å². The summed E-state index contributed by atoms with van der Waals surface area (Å²) >= 11 is 6.01. The Hall–Kier alpha value is -2.09. The number of hydrogen-bond donors (Lipinski definition) is 1. The van der Waals surface area contributed by atoms with Crippen LogP contribution in [-0.4, -0.2) is 5.11 Å². The van der Waals surface area contributed by atoms with Crippen LogP contribution in [-0.2, 0) is 12.3 Å². The number of benzene rings is 2. The molecule has 0 heterocycles. The van der Waals surface area contributed by atoms with E-state index in [1.54, 1.807) is 30.3 Å². The van der Waals surface area contributed by atoms with Gasteiger partial charge >= 0.3 is 0 Å². The summed E-state index contributed by atoms with van der Waals surface area (Å²) in [5.41, 5.74) is -0.375. The highest BCUT2D eigenvalue weighted by molar-refractivity contribution is 6.31. The van der Waals surface area contributed by atoms with E-state index in [-0.39, 0.29) is 6.61 Å². The number of nitriles is 1. The molecule has 2 aromatic rings. The molecule has 5 heteroatoms. The number of aliphatic hydroxyl groups excluding tert-OH is 1. The summed E-state index contributed by atoms with van der Waals surface area (Å²) in [6, 6.07) is 11.5. The molecule has 0 radical (unpaired) electrons. The van der Waals surface area contributed by atoms with Gasteiger partial charge in [0.25, 0.3) is 0 Å². The third-order valence-corrected chi connectivity index (χ3v) is 3.48. The van der Waals surface area contributed by atoms with Crippen molar-refractivity contribution in [2.24, 2.45) is 0 Å². The topological polar surface area (TPSA) is 53.2 Å². The van der Waals surface area contributed by atoms with Gasteiger partial charge in [-0.25, -0.2) is 4.39 Å². The van der Waals surface area contributed by atoms with E-state index in [4.69, 9.17) is 26.7 Å². The maximum atomic E-state index is 14.1. The molecule has 0 spiro atoms. The number of ether oxygens (including phenoxy) is 1. The highest BCUT2D eigenvalue weighted by Crippen LogP contribution is 2.35. The monoisotopic (exact) mass is 319 g/mol. The van der Waals surface area contributed by atoms with Crippen molar-refractivity contribution in [3.05, 3.63) is 58.1 Å². The first-order valence-corrected chi connectivity index (χ1v) is 7.03. The summed E-state index contributed by atoms with van der Waals surface area (Å²) in [5, 5.41) is 18.6. The minimum atomic E-state index is -1.60. The van der Waals surface area contributed by atoms with Crippen LogP contribution in [0.5, 0.6) is 11.5 Å². The zero-order chi connectivity index (χ0) is 16.3. The normalized spacial score (nSPS) is 11.1. The minimum Gasteiger partial charge on any atom is -0.456 e. The smallest absolute Gasteiger partial charge is 0.145 e. The Morgan fingerprint density at radius 3 is 2.59 bits per heavy atom. The minimum absolute atomic E-state index is 0.157. The van der Waals surface area contributed by atoms with Gasteiger partial charge in [0.05, 0.1) is 12.2 Å². The fraction of sp³-hybridized carbons (Fsp3) is 0.235. The highest BCUT2D eigenvalue weighted by Gasteiger charge is 2.23. The van der Waals surface area contributed by atoms with Crippen molar-refractivity contribution >= 4 is 11.6 Å². The Kier molecular flexibility index (Phi) is 4.70. The standard InChI is InChI=1S/C17H15ClFNO2/c1-17(2,19)14-8-13(4-5-15(14)18)22-16-6-3-11(10-21)7-12(16)9-20/h3-8,21H,10H2,1-2H3. The van der Waals surface area contributed by atoms with E-state index in [1.165, 1.54) is 19.9 Å². The first kappa shape index (κ1) is 16.3. The van der Waals surface area contributed by atoms with E-state index in [1.807, 2.05) is 6.07 Å². The van der Waals surface area contributed by atoms with Gasteiger partial charge in [-0.2, -0.15) is 5.26 Å². The Balaban J connectivity index is 2.38. The molecule has 2 rings (SSSR count). The summed E-state index contributed by atoms with van der Waals surface area (Å²) in [6.45, 7) is 2.67. The van der Waals surface area contributed by atoms with Gasteiger partial charge in [0.15, 0.2) is 0 Å². The Morgan fingerprint density at radius 1 is 1.27 bits per heavy atom. The molecule has 0 unspecified atom stereocenters. The van der Waals surface area contributed by atoms with Crippen LogP contribution < -0.4 is 4.74 Å². The summed E-state index contributed by atoms with van der Waals surface area (Å²) < 4.78 is 19.8. The summed E-state index contributed by atoms with van der Waals surface area (Å²) in [7, 11) is 0. The lowest BCUT2D eigenvalue weighted by atomic mass is 10.00. The van der Waals surface area contributed by atoms with Crippen LogP contribution in [0.2, 0.25) is 5.02 Å². The molecule has 0 amide bonds. The molecule has 0 saturated carbocycles. The Bertz CT molecular complexity index is 732. The van der Waals surface area contributed by atoms with Gasteiger partial charge < -0.3 is 9.84 Å². The van der Waals surface area contributed by atoms with Crippen molar-refractivity contribution in [1.29, 1.82) is 5.26 Å². The van der Waals surface area contributed by atoms with Crippen molar-refractivity contribution < 1.29 is 14.2 Å². The van der Waals surface area contributed by atoms with E-state index in [9.17, 15) is 4.39 Å². The fourth-order valence-electron chi connectivity index (χ4n) is 2.00. The molecule has 0 saturated heterocycles. The second kappa shape index (κ2) is 6.35. The van der Waals surface area contributed by atoms with E-state index in [0.717, 1.165) is 0 Å². The van der Waals surface area contributed by atoms with E-state index < -0.39 is 5.67 Å². The zero-order valence-electron chi connectivity index (χ0n) is 12.2. The molecule has 0 aromatic heterocycles. The summed E-state index contributed by atoms with van der Waals surface area (Å²) in [4.78, 5) is 0. The van der Waals surface area contributed by atoms with Crippen LogP contribution in [0.25, 0.3) is 0 Å². The number of alkyl halides is 1. The van der Waals surface area contributed by atoms with Crippen molar-refractivity contribution in [1.82, 2.24) is 0 Å². The second-order valence-corrected chi connectivity index (χ2v) is 5.72. The molecule has 0 atom stereocenters. The number of rotatable bonds is 4. The molecule has 0 aliphatic heterocycles. The molecule has 22 heavy (non-hydrogen) atoms. The first-order chi connectivity index (χ1) is 10.3. The molecule has 114 valence electrons. The molecule has 0 fully saturated rings. The predicted octanol–water partition coefficient (Wildman–Crippen LogP) is 4.70. The van der Waals surface area contributed by atoms with Gasteiger partial charge in [0, 0.05) is 10.6 Å². The molecule has 0 bridgehead atoms. The predicted molar refractivity (Wildman–Crippen MR) is 82.7 cm³/mol. The van der Waals surface area contributed by atoms with E-state index >= 15 is 0 Å². The van der Waals surface area contributed by atoms with Gasteiger partial charge in [-0.15, -0.1) is 0 Å². The molecule has 0 aliphatic carbocycles. The van der Waals surface area contributed by atoms with Gasteiger partial charge in [-0.1, -0.05) is 17.7 Å². The summed E-state index contributed by atoms with van der Waals surface area (Å²) in [6.07, 6.45) is 0. The first-order valence-electron chi connectivity index (χ1n) is 6.66. The molecule has 1 N–H and O–H groups in total. The van der Waals surface area contributed by atoms with Gasteiger partial charge in [-0.3, -0.25) is 0 Å². The third kappa shape index (κ3) is 3.56. The second-order valence-electron chi connectivity index (χ2n) is 5.32. The third-order valence-electron chi connectivity index (χ3n) is 3.15. The lowest BCUT2D eigenvalue weighted by Crippen LogP contribution is -2.09. The van der Waals surface area contributed by atoms with Crippen molar-refractivity contribution in [3.8, 4) is 17.6 Å².